The lowest BCUT2D eigenvalue weighted by Gasteiger charge is -2.10. The molecule has 6 nitrogen and oxygen atoms in total. The van der Waals surface area contributed by atoms with Crippen LogP contribution < -0.4 is 5.32 Å². The lowest BCUT2D eigenvalue weighted by atomic mass is 10.0. The van der Waals surface area contributed by atoms with Crippen molar-refractivity contribution in [3.63, 3.8) is 0 Å². The Balaban J connectivity index is 1.68. The van der Waals surface area contributed by atoms with Gasteiger partial charge in [-0.3, -0.25) is 9.89 Å². The van der Waals surface area contributed by atoms with Gasteiger partial charge in [-0.15, -0.1) is 0 Å². The first kappa shape index (κ1) is 15.6. The Hall–Kier alpha value is -3.64. The summed E-state index contributed by atoms with van der Waals surface area (Å²) in [7, 11) is 0. The molecule has 0 spiro atoms. The molecule has 6 heteroatoms. The Labute approximate surface area is 153 Å². The second-order valence-electron chi connectivity index (χ2n) is 6.42. The van der Waals surface area contributed by atoms with Crippen LogP contribution in [0.1, 0.15) is 15.9 Å². The number of benzene rings is 3. The second kappa shape index (κ2) is 5.96. The summed E-state index contributed by atoms with van der Waals surface area (Å²) in [4.78, 5) is 17.7. The number of nitrogens with zero attached hydrogens (tertiary/aromatic N) is 1. The standard InChI is InChI=1S/C21H16N4O2/c26-11-13-4-1-2-6-16(13)24-21(27)15-5-3-7-17-18(15)14-9-8-12-10-22-25-19(12)20(14)23-17/h1-10,22,25-26H,11H2,(H,24,27). The fourth-order valence-corrected chi connectivity index (χ4v) is 3.56. The third-order valence-electron chi connectivity index (χ3n) is 4.86. The molecular weight excluding hydrogens is 340 g/mol. The van der Waals surface area contributed by atoms with Crippen molar-refractivity contribution in [2.45, 2.75) is 6.61 Å². The van der Waals surface area contributed by atoms with Crippen LogP contribution in [-0.4, -0.2) is 26.2 Å². The largest absolute Gasteiger partial charge is 0.392 e. The fraction of sp³-hybridized carbons (Fsp3) is 0.0476. The van der Waals surface area contributed by atoms with Gasteiger partial charge in [0.1, 0.15) is 0 Å². The van der Waals surface area contributed by atoms with Crippen LogP contribution in [0.2, 0.25) is 0 Å². The highest BCUT2D eigenvalue weighted by atomic mass is 16.3. The number of H-pyrrole nitrogens is 2. The van der Waals surface area contributed by atoms with Gasteiger partial charge >= 0.3 is 0 Å². The van der Waals surface area contributed by atoms with Gasteiger partial charge in [-0.25, -0.2) is 4.98 Å². The summed E-state index contributed by atoms with van der Waals surface area (Å²) in [5, 5.41) is 21.3. The number of aliphatic hydroxyl groups is 1. The molecule has 4 N–H and O–H groups in total. The zero-order valence-electron chi connectivity index (χ0n) is 14.3. The van der Waals surface area contributed by atoms with E-state index in [2.05, 4.69) is 15.5 Å². The van der Waals surface area contributed by atoms with Crippen molar-refractivity contribution in [1.29, 1.82) is 0 Å². The van der Waals surface area contributed by atoms with E-state index in [4.69, 9.17) is 4.98 Å². The molecule has 5 aromatic rings. The summed E-state index contributed by atoms with van der Waals surface area (Å²) in [5.41, 5.74) is 4.35. The maximum Gasteiger partial charge on any atom is 0.256 e. The third-order valence-corrected chi connectivity index (χ3v) is 4.86. The van der Waals surface area contributed by atoms with Crippen molar-refractivity contribution >= 4 is 44.3 Å². The van der Waals surface area contributed by atoms with E-state index in [-0.39, 0.29) is 12.5 Å². The number of aromatic nitrogens is 3. The van der Waals surface area contributed by atoms with E-state index in [0.717, 1.165) is 32.7 Å². The van der Waals surface area contributed by atoms with E-state index in [0.29, 0.717) is 16.8 Å². The molecule has 132 valence electrons. The predicted octanol–water partition coefficient (Wildman–Crippen LogP) is 3.94. The minimum absolute atomic E-state index is 0.136. The van der Waals surface area contributed by atoms with Crippen molar-refractivity contribution in [1.82, 2.24) is 15.2 Å². The van der Waals surface area contributed by atoms with Gasteiger partial charge in [0, 0.05) is 39.2 Å². The zero-order valence-corrected chi connectivity index (χ0v) is 14.3. The maximum atomic E-state index is 13.0. The molecule has 3 aromatic carbocycles. The number of carbonyl (C=O) groups is 1. The van der Waals surface area contributed by atoms with Crippen LogP contribution in [0.25, 0.3) is 32.7 Å². The van der Waals surface area contributed by atoms with Crippen LogP contribution in [0.3, 0.4) is 0 Å². The second-order valence-corrected chi connectivity index (χ2v) is 6.42. The van der Waals surface area contributed by atoms with Crippen molar-refractivity contribution in [3.05, 3.63) is 71.9 Å². The molecule has 0 unspecified atom stereocenters. The van der Waals surface area contributed by atoms with Crippen LogP contribution in [0.15, 0.2) is 60.8 Å². The van der Waals surface area contributed by atoms with Crippen LogP contribution in [0.4, 0.5) is 5.69 Å². The molecule has 1 amide bonds. The molecule has 0 aliphatic carbocycles. The summed E-state index contributed by atoms with van der Waals surface area (Å²) in [6.45, 7) is -0.136. The summed E-state index contributed by atoms with van der Waals surface area (Å²) in [6, 6.07) is 16.8. The summed E-state index contributed by atoms with van der Waals surface area (Å²) < 4.78 is 0. The quantitative estimate of drug-likeness (QED) is 0.394. The molecule has 0 atom stereocenters. The maximum absolute atomic E-state index is 13.0. The Morgan fingerprint density at radius 2 is 1.96 bits per heavy atom. The van der Waals surface area contributed by atoms with Crippen LogP contribution in [-0.2, 0) is 6.61 Å². The van der Waals surface area contributed by atoms with Gasteiger partial charge in [-0.1, -0.05) is 36.4 Å². The highest BCUT2D eigenvalue weighted by Crippen LogP contribution is 2.32. The molecule has 0 radical (unpaired) electrons. The Morgan fingerprint density at radius 3 is 2.85 bits per heavy atom. The molecule has 2 heterocycles. The molecular formula is C21H16N4O2. The molecule has 27 heavy (non-hydrogen) atoms. The molecule has 2 aromatic heterocycles. The first-order chi connectivity index (χ1) is 13.3. The van der Waals surface area contributed by atoms with Crippen LogP contribution in [0.5, 0.6) is 0 Å². The number of nitrogens with one attached hydrogen (secondary N) is 3. The number of anilines is 1. The average Bonchev–Trinajstić information content (AvgIpc) is 3.32. The lowest BCUT2D eigenvalue weighted by Crippen LogP contribution is -2.13. The topological polar surface area (TPSA) is 93.8 Å². The molecule has 5 rings (SSSR count). The number of aliphatic hydroxyl groups excluding tert-OH is 1. The van der Waals surface area contributed by atoms with E-state index in [1.807, 2.05) is 42.6 Å². The van der Waals surface area contributed by atoms with Gasteiger partial charge in [0.15, 0.2) is 0 Å². The van der Waals surface area contributed by atoms with Gasteiger partial charge < -0.3 is 15.5 Å². The van der Waals surface area contributed by atoms with Crippen LogP contribution >= 0.6 is 0 Å². The SMILES string of the molecule is O=C(Nc1ccccc1CO)c1cccc2nc3c(ccc4c[nH][nH]c43)c12. The lowest BCUT2D eigenvalue weighted by molar-refractivity contribution is 0.102. The number of carbonyl (C=O) groups excluding carboxylic acids is 1. The number of hydrogen-bond acceptors (Lipinski definition) is 3. The molecule has 0 fully saturated rings. The monoisotopic (exact) mass is 356 g/mol. The average molecular weight is 356 g/mol. The van der Waals surface area contributed by atoms with E-state index < -0.39 is 0 Å². The van der Waals surface area contributed by atoms with Crippen molar-refractivity contribution in [2.24, 2.45) is 0 Å². The third kappa shape index (κ3) is 2.38. The smallest absolute Gasteiger partial charge is 0.256 e. The first-order valence-corrected chi connectivity index (χ1v) is 8.63. The number of aromatic amines is 2. The molecule has 0 aliphatic rings. The number of para-hydroxylation sites is 1. The summed E-state index contributed by atoms with van der Waals surface area (Å²) in [5.74, 6) is -0.228. The minimum Gasteiger partial charge on any atom is -0.392 e. The number of amides is 1. The highest BCUT2D eigenvalue weighted by molar-refractivity contribution is 6.23. The minimum atomic E-state index is -0.228. The molecule has 0 bridgehead atoms. The van der Waals surface area contributed by atoms with Gasteiger partial charge in [-0.2, -0.15) is 0 Å². The van der Waals surface area contributed by atoms with E-state index in [1.165, 1.54) is 0 Å². The van der Waals surface area contributed by atoms with Gasteiger partial charge in [-0.05, 0) is 18.2 Å². The Bertz CT molecular complexity index is 1320. The van der Waals surface area contributed by atoms with Crippen molar-refractivity contribution < 1.29 is 9.90 Å². The molecule has 0 aliphatic heterocycles. The van der Waals surface area contributed by atoms with E-state index in [1.54, 1.807) is 18.2 Å². The number of rotatable bonds is 3. The number of fused-ring (bicyclic) bond motifs is 5. The van der Waals surface area contributed by atoms with E-state index in [9.17, 15) is 9.90 Å². The Morgan fingerprint density at radius 1 is 1.07 bits per heavy atom. The molecule has 0 saturated heterocycles. The zero-order chi connectivity index (χ0) is 18.4. The first-order valence-electron chi connectivity index (χ1n) is 8.63. The predicted molar refractivity (Wildman–Crippen MR) is 106 cm³/mol. The Kier molecular flexibility index (Phi) is 3.45. The van der Waals surface area contributed by atoms with E-state index >= 15 is 0 Å². The normalized spacial score (nSPS) is 11.4. The van der Waals surface area contributed by atoms with Gasteiger partial charge in [0.2, 0.25) is 0 Å². The highest BCUT2D eigenvalue weighted by Gasteiger charge is 2.17. The van der Waals surface area contributed by atoms with Crippen LogP contribution in [0, 0.1) is 0 Å². The summed E-state index contributed by atoms with van der Waals surface area (Å²) >= 11 is 0. The number of hydrogen-bond donors (Lipinski definition) is 4. The molecule has 0 saturated carbocycles. The van der Waals surface area contributed by atoms with Crippen molar-refractivity contribution in [2.75, 3.05) is 5.32 Å². The van der Waals surface area contributed by atoms with Gasteiger partial charge in [0.05, 0.1) is 23.2 Å². The van der Waals surface area contributed by atoms with Gasteiger partial charge in [0.25, 0.3) is 5.91 Å². The summed E-state index contributed by atoms with van der Waals surface area (Å²) in [6.07, 6.45) is 1.88. The fourth-order valence-electron chi connectivity index (χ4n) is 3.56. The van der Waals surface area contributed by atoms with Crippen molar-refractivity contribution in [3.8, 4) is 0 Å².